The zero-order valence-corrected chi connectivity index (χ0v) is 11.5. The second-order valence-corrected chi connectivity index (χ2v) is 8.02. The van der Waals surface area contributed by atoms with Crippen LogP contribution in [0.25, 0.3) is 0 Å². The molecule has 1 N–H and O–H groups in total. The van der Waals surface area contributed by atoms with Gasteiger partial charge in [-0.25, -0.2) is 8.42 Å². The second-order valence-electron chi connectivity index (χ2n) is 5.35. The van der Waals surface area contributed by atoms with Crippen LogP contribution in [0.5, 0.6) is 0 Å². The lowest BCUT2D eigenvalue weighted by molar-refractivity contribution is 0.319. The lowest BCUT2D eigenvalue weighted by Crippen LogP contribution is -2.38. The monoisotopic (exact) mass is 247 g/mol. The molecule has 1 aliphatic carbocycles. The first-order chi connectivity index (χ1) is 7.42. The molecule has 0 spiro atoms. The molecule has 3 nitrogen and oxygen atoms in total. The zero-order valence-electron chi connectivity index (χ0n) is 10.7. The molecule has 0 amide bonds. The van der Waals surface area contributed by atoms with Crippen LogP contribution >= 0.6 is 0 Å². The summed E-state index contributed by atoms with van der Waals surface area (Å²) in [5, 5.41) is 3.25. The molecule has 0 aliphatic heterocycles. The first-order valence-corrected chi connectivity index (χ1v) is 8.08. The number of hydrogen-bond acceptors (Lipinski definition) is 3. The van der Waals surface area contributed by atoms with Gasteiger partial charge in [0.2, 0.25) is 0 Å². The SMILES string of the molecule is CC(CCS(=O)(=O)C(C)C)CNC1CCC1. The third-order valence-electron chi connectivity index (χ3n) is 3.47. The Labute approximate surface area is 99.9 Å². The Balaban J connectivity index is 2.16. The highest BCUT2D eigenvalue weighted by molar-refractivity contribution is 7.91. The van der Waals surface area contributed by atoms with Crippen molar-refractivity contribution in [3.8, 4) is 0 Å². The summed E-state index contributed by atoms with van der Waals surface area (Å²) >= 11 is 0. The Morgan fingerprint density at radius 3 is 2.31 bits per heavy atom. The van der Waals surface area contributed by atoms with Gasteiger partial charge < -0.3 is 5.32 Å². The summed E-state index contributed by atoms with van der Waals surface area (Å²) in [7, 11) is -2.85. The maximum atomic E-state index is 11.6. The summed E-state index contributed by atoms with van der Waals surface area (Å²) in [4.78, 5) is 0. The van der Waals surface area contributed by atoms with Gasteiger partial charge in [-0.15, -0.1) is 0 Å². The fourth-order valence-electron chi connectivity index (χ4n) is 1.68. The summed E-state index contributed by atoms with van der Waals surface area (Å²) in [6.45, 7) is 6.60. The second kappa shape index (κ2) is 6.01. The normalized spacial score (nSPS) is 19.8. The Morgan fingerprint density at radius 2 is 1.88 bits per heavy atom. The molecule has 0 bridgehead atoms. The maximum absolute atomic E-state index is 11.6. The van der Waals surface area contributed by atoms with Crippen LogP contribution in [0.2, 0.25) is 0 Å². The van der Waals surface area contributed by atoms with Crippen molar-refractivity contribution in [1.82, 2.24) is 5.32 Å². The maximum Gasteiger partial charge on any atom is 0.152 e. The van der Waals surface area contributed by atoms with Crippen molar-refractivity contribution >= 4 is 9.84 Å². The largest absolute Gasteiger partial charge is 0.314 e. The standard InChI is InChI=1S/C12H25NO2S/c1-10(2)16(14,15)8-7-11(3)9-13-12-5-4-6-12/h10-13H,4-9H2,1-3H3. The smallest absolute Gasteiger partial charge is 0.152 e. The number of nitrogens with one attached hydrogen (secondary N) is 1. The van der Waals surface area contributed by atoms with Gasteiger partial charge >= 0.3 is 0 Å². The van der Waals surface area contributed by atoms with Gasteiger partial charge in [-0.05, 0) is 45.6 Å². The molecule has 0 aromatic carbocycles. The van der Waals surface area contributed by atoms with Gasteiger partial charge in [0, 0.05) is 6.04 Å². The minimum atomic E-state index is -2.85. The van der Waals surface area contributed by atoms with E-state index in [1.165, 1.54) is 19.3 Å². The van der Waals surface area contributed by atoms with Gasteiger partial charge in [0.15, 0.2) is 9.84 Å². The summed E-state index contributed by atoms with van der Waals surface area (Å²) < 4.78 is 23.2. The number of rotatable bonds is 7. The van der Waals surface area contributed by atoms with Gasteiger partial charge in [0.05, 0.1) is 11.0 Å². The van der Waals surface area contributed by atoms with E-state index in [2.05, 4.69) is 12.2 Å². The van der Waals surface area contributed by atoms with Crippen molar-refractivity contribution in [3.63, 3.8) is 0 Å². The highest BCUT2D eigenvalue weighted by atomic mass is 32.2. The average molecular weight is 247 g/mol. The van der Waals surface area contributed by atoms with Gasteiger partial charge in [-0.2, -0.15) is 0 Å². The molecule has 1 aliphatic rings. The predicted molar refractivity (Wildman–Crippen MR) is 68.3 cm³/mol. The molecule has 0 aromatic heterocycles. The van der Waals surface area contributed by atoms with Crippen LogP contribution < -0.4 is 5.32 Å². The van der Waals surface area contributed by atoms with E-state index in [1.807, 2.05) is 0 Å². The highest BCUT2D eigenvalue weighted by Gasteiger charge is 2.19. The first kappa shape index (κ1) is 14.0. The van der Waals surface area contributed by atoms with Crippen molar-refractivity contribution in [2.45, 2.75) is 57.7 Å². The molecule has 0 heterocycles. The molecule has 4 heteroatoms. The van der Waals surface area contributed by atoms with Crippen LogP contribution in [0, 0.1) is 5.92 Å². The van der Waals surface area contributed by atoms with E-state index < -0.39 is 9.84 Å². The molecular formula is C12H25NO2S. The minimum absolute atomic E-state index is 0.237. The molecule has 96 valence electrons. The molecule has 1 saturated carbocycles. The quantitative estimate of drug-likeness (QED) is 0.748. The number of sulfone groups is 1. The van der Waals surface area contributed by atoms with Gasteiger partial charge in [-0.1, -0.05) is 13.3 Å². The summed E-state index contributed by atoms with van der Waals surface area (Å²) in [6, 6.07) is 0.698. The van der Waals surface area contributed by atoms with E-state index in [0.717, 1.165) is 13.0 Å². The lowest BCUT2D eigenvalue weighted by atomic mass is 9.92. The van der Waals surface area contributed by atoms with Crippen LogP contribution in [-0.4, -0.2) is 32.0 Å². The molecule has 1 rings (SSSR count). The van der Waals surface area contributed by atoms with E-state index >= 15 is 0 Å². The molecule has 1 unspecified atom stereocenters. The lowest BCUT2D eigenvalue weighted by Gasteiger charge is -2.28. The fraction of sp³-hybridized carbons (Fsp3) is 1.00. The summed E-state index contributed by atoms with van der Waals surface area (Å²) in [5.41, 5.74) is 0. The molecule has 16 heavy (non-hydrogen) atoms. The van der Waals surface area contributed by atoms with Crippen LogP contribution in [0.4, 0.5) is 0 Å². The van der Waals surface area contributed by atoms with Gasteiger partial charge in [0.1, 0.15) is 0 Å². The predicted octanol–water partition coefficient (Wildman–Crippen LogP) is 1.98. The van der Waals surface area contributed by atoms with Crippen molar-refractivity contribution in [3.05, 3.63) is 0 Å². The summed E-state index contributed by atoms with van der Waals surface area (Å²) in [6.07, 6.45) is 4.70. The Bertz CT molecular complexity index is 294. The van der Waals surface area contributed by atoms with E-state index in [4.69, 9.17) is 0 Å². The van der Waals surface area contributed by atoms with Crippen molar-refractivity contribution in [1.29, 1.82) is 0 Å². The Hall–Kier alpha value is -0.0900. The minimum Gasteiger partial charge on any atom is -0.314 e. The van der Waals surface area contributed by atoms with E-state index in [0.29, 0.717) is 17.7 Å². The zero-order chi connectivity index (χ0) is 12.2. The van der Waals surface area contributed by atoms with Crippen molar-refractivity contribution < 1.29 is 8.42 Å². The van der Waals surface area contributed by atoms with E-state index in [1.54, 1.807) is 13.8 Å². The molecule has 0 aromatic rings. The number of hydrogen-bond donors (Lipinski definition) is 1. The Morgan fingerprint density at radius 1 is 1.25 bits per heavy atom. The molecular weight excluding hydrogens is 222 g/mol. The van der Waals surface area contributed by atoms with Crippen LogP contribution in [0.15, 0.2) is 0 Å². The molecule has 1 fully saturated rings. The van der Waals surface area contributed by atoms with E-state index in [9.17, 15) is 8.42 Å². The van der Waals surface area contributed by atoms with Crippen LogP contribution in [0.3, 0.4) is 0 Å². The molecule has 1 atom stereocenters. The summed E-state index contributed by atoms with van der Waals surface area (Å²) in [5.74, 6) is 0.784. The first-order valence-electron chi connectivity index (χ1n) is 6.36. The van der Waals surface area contributed by atoms with Gasteiger partial charge in [0.25, 0.3) is 0 Å². The Kier molecular flexibility index (Phi) is 5.25. The fourth-order valence-corrected chi connectivity index (χ4v) is 2.89. The average Bonchev–Trinajstić information content (AvgIpc) is 2.12. The highest BCUT2D eigenvalue weighted by Crippen LogP contribution is 2.18. The van der Waals surface area contributed by atoms with E-state index in [-0.39, 0.29) is 5.25 Å². The third-order valence-corrected chi connectivity index (χ3v) is 5.71. The third kappa shape index (κ3) is 4.42. The topological polar surface area (TPSA) is 46.2 Å². The van der Waals surface area contributed by atoms with Crippen molar-refractivity contribution in [2.75, 3.05) is 12.3 Å². The molecule has 0 saturated heterocycles. The van der Waals surface area contributed by atoms with Crippen LogP contribution in [0.1, 0.15) is 46.5 Å². The van der Waals surface area contributed by atoms with Crippen LogP contribution in [-0.2, 0) is 9.84 Å². The van der Waals surface area contributed by atoms with Gasteiger partial charge in [-0.3, -0.25) is 0 Å². The molecule has 0 radical (unpaired) electrons. The van der Waals surface area contributed by atoms with Crippen molar-refractivity contribution in [2.24, 2.45) is 5.92 Å².